The Kier molecular flexibility index (Phi) is 5.38. The molecule has 0 spiro atoms. The highest BCUT2D eigenvalue weighted by Crippen LogP contribution is 2.30. The second kappa shape index (κ2) is 7.46. The van der Waals surface area contributed by atoms with Crippen LogP contribution in [-0.2, 0) is 10.0 Å². The monoisotopic (exact) mass is 423 g/mol. The van der Waals surface area contributed by atoms with Crippen molar-refractivity contribution in [1.29, 1.82) is 0 Å². The Morgan fingerprint density at radius 2 is 1.96 bits per heavy atom. The molecule has 7 nitrogen and oxygen atoms in total. The summed E-state index contributed by atoms with van der Waals surface area (Å²) in [6.45, 7) is 3.27. The number of aromatic carboxylic acids is 1. The smallest absolute Gasteiger partial charge is 0.372 e. The SMILES string of the molecule is COc1cc(C(C)NS(=O)(=O)c2ccc3oc(C(=O)O)c(C)c3c2)ccc1Cl. The van der Waals surface area contributed by atoms with Crippen LogP contribution < -0.4 is 9.46 Å². The first kappa shape index (κ1) is 20.2. The van der Waals surface area contributed by atoms with E-state index in [2.05, 4.69) is 4.72 Å². The number of carboxylic acids is 1. The maximum absolute atomic E-state index is 12.8. The predicted octanol–water partition coefficient (Wildman–Crippen LogP) is 4.14. The van der Waals surface area contributed by atoms with Gasteiger partial charge in [0.1, 0.15) is 11.3 Å². The van der Waals surface area contributed by atoms with Crippen LogP contribution in [0, 0.1) is 6.92 Å². The molecule has 0 aliphatic heterocycles. The minimum absolute atomic E-state index is 0.00798. The fourth-order valence-electron chi connectivity index (χ4n) is 2.89. The molecule has 3 rings (SSSR count). The van der Waals surface area contributed by atoms with Gasteiger partial charge in [-0.1, -0.05) is 17.7 Å². The largest absolute Gasteiger partial charge is 0.495 e. The van der Waals surface area contributed by atoms with Crippen LogP contribution in [0.4, 0.5) is 0 Å². The Morgan fingerprint density at radius 1 is 1.25 bits per heavy atom. The van der Waals surface area contributed by atoms with E-state index in [-0.39, 0.29) is 10.7 Å². The minimum Gasteiger partial charge on any atom is -0.495 e. The van der Waals surface area contributed by atoms with Crippen molar-refractivity contribution in [3.8, 4) is 5.75 Å². The molecule has 1 atom stereocenters. The van der Waals surface area contributed by atoms with Crippen LogP contribution >= 0.6 is 11.6 Å². The van der Waals surface area contributed by atoms with Gasteiger partial charge in [-0.3, -0.25) is 0 Å². The summed E-state index contributed by atoms with van der Waals surface area (Å²) in [6.07, 6.45) is 0. The third-order valence-corrected chi connectivity index (χ3v) is 6.27. The summed E-state index contributed by atoms with van der Waals surface area (Å²) in [6, 6.07) is 8.67. The number of ether oxygens (including phenoxy) is 1. The molecule has 1 heterocycles. The highest BCUT2D eigenvalue weighted by molar-refractivity contribution is 7.89. The number of benzene rings is 2. The number of carbonyl (C=O) groups is 1. The van der Waals surface area contributed by atoms with Crippen LogP contribution in [-0.4, -0.2) is 26.6 Å². The third-order valence-electron chi connectivity index (χ3n) is 4.42. The average Bonchev–Trinajstić information content (AvgIpc) is 2.98. The highest BCUT2D eigenvalue weighted by Gasteiger charge is 2.22. The van der Waals surface area contributed by atoms with Crippen LogP contribution in [0.25, 0.3) is 11.0 Å². The Hall–Kier alpha value is -2.55. The van der Waals surface area contributed by atoms with E-state index in [9.17, 15) is 13.2 Å². The lowest BCUT2D eigenvalue weighted by molar-refractivity contribution is 0.0664. The number of halogens is 1. The van der Waals surface area contributed by atoms with Gasteiger partial charge in [-0.25, -0.2) is 17.9 Å². The number of carboxylic acid groups (broad SMARTS) is 1. The molecule has 2 N–H and O–H groups in total. The molecular formula is C19H18ClNO6S. The molecule has 0 saturated heterocycles. The topological polar surface area (TPSA) is 106 Å². The number of sulfonamides is 1. The summed E-state index contributed by atoms with van der Waals surface area (Å²) >= 11 is 6.01. The van der Waals surface area contributed by atoms with Crippen LogP contribution in [0.5, 0.6) is 5.75 Å². The van der Waals surface area contributed by atoms with Crippen LogP contribution in [0.2, 0.25) is 5.02 Å². The van der Waals surface area contributed by atoms with E-state index in [0.29, 0.717) is 32.9 Å². The second-order valence-electron chi connectivity index (χ2n) is 6.26. The van der Waals surface area contributed by atoms with Crippen molar-refractivity contribution in [2.45, 2.75) is 24.8 Å². The van der Waals surface area contributed by atoms with Gasteiger partial charge in [0.15, 0.2) is 0 Å². The van der Waals surface area contributed by atoms with Crippen LogP contribution in [0.3, 0.4) is 0 Å². The van der Waals surface area contributed by atoms with E-state index in [1.807, 2.05) is 0 Å². The molecule has 0 amide bonds. The Morgan fingerprint density at radius 3 is 2.61 bits per heavy atom. The van der Waals surface area contributed by atoms with Crippen LogP contribution in [0.1, 0.15) is 34.6 Å². The molecule has 0 aliphatic rings. The molecular weight excluding hydrogens is 406 g/mol. The molecule has 9 heteroatoms. The molecule has 0 saturated carbocycles. The fraction of sp³-hybridized carbons (Fsp3) is 0.211. The minimum atomic E-state index is -3.87. The molecule has 0 radical (unpaired) electrons. The molecule has 0 aliphatic carbocycles. The number of methoxy groups -OCH3 is 1. The second-order valence-corrected chi connectivity index (χ2v) is 8.38. The normalized spacial score (nSPS) is 12.9. The zero-order chi connectivity index (χ0) is 20.6. The van der Waals surface area contributed by atoms with E-state index in [0.717, 1.165) is 0 Å². The van der Waals surface area contributed by atoms with E-state index in [4.69, 9.17) is 25.9 Å². The summed E-state index contributed by atoms with van der Waals surface area (Å²) < 4.78 is 38.7. The maximum Gasteiger partial charge on any atom is 0.372 e. The molecule has 0 fully saturated rings. The standard InChI is InChI=1S/C19H18ClNO6S/c1-10-14-9-13(5-7-16(14)27-18(10)19(22)23)28(24,25)21-11(2)12-4-6-15(20)17(8-12)26-3/h4-9,11,21H,1-3H3,(H,22,23). The van der Waals surface area contributed by atoms with Gasteiger partial charge >= 0.3 is 5.97 Å². The van der Waals surface area contributed by atoms with Gasteiger partial charge in [-0.05, 0) is 49.7 Å². The van der Waals surface area contributed by atoms with Crippen molar-refractivity contribution in [3.63, 3.8) is 0 Å². The number of nitrogens with one attached hydrogen (secondary N) is 1. The van der Waals surface area contributed by atoms with Crippen molar-refractivity contribution in [1.82, 2.24) is 4.72 Å². The predicted molar refractivity (Wildman–Crippen MR) is 105 cm³/mol. The van der Waals surface area contributed by atoms with Gasteiger partial charge < -0.3 is 14.3 Å². The summed E-state index contributed by atoms with van der Waals surface area (Å²) in [4.78, 5) is 11.2. The van der Waals surface area contributed by atoms with Gasteiger partial charge in [-0.15, -0.1) is 0 Å². The number of hydrogen-bond acceptors (Lipinski definition) is 5. The number of hydrogen-bond donors (Lipinski definition) is 2. The lowest BCUT2D eigenvalue weighted by atomic mass is 10.1. The van der Waals surface area contributed by atoms with Crippen molar-refractivity contribution < 1.29 is 27.5 Å². The molecule has 148 valence electrons. The summed E-state index contributed by atoms with van der Waals surface area (Å²) in [5.74, 6) is -0.970. The summed E-state index contributed by atoms with van der Waals surface area (Å²) in [5, 5.41) is 10.0. The first-order valence-corrected chi connectivity index (χ1v) is 10.1. The van der Waals surface area contributed by atoms with Crippen molar-refractivity contribution >= 4 is 38.6 Å². The van der Waals surface area contributed by atoms with Crippen LogP contribution in [0.15, 0.2) is 45.7 Å². The Bertz CT molecular complexity index is 1170. The molecule has 3 aromatic rings. The van der Waals surface area contributed by atoms with Gasteiger partial charge in [0.25, 0.3) is 0 Å². The molecule has 0 bridgehead atoms. The molecule has 28 heavy (non-hydrogen) atoms. The lowest BCUT2D eigenvalue weighted by Crippen LogP contribution is -2.26. The van der Waals surface area contributed by atoms with Gasteiger partial charge in [0.05, 0.1) is 17.0 Å². The number of fused-ring (bicyclic) bond motifs is 1. The van der Waals surface area contributed by atoms with E-state index in [1.54, 1.807) is 32.0 Å². The first-order valence-electron chi connectivity index (χ1n) is 8.26. The van der Waals surface area contributed by atoms with E-state index < -0.39 is 22.0 Å². The van der Waals surface area contributed by atoms with Gasteiger partial charge in [0.2, 0.25) is 15.8 Å². The van der Waals surface area contributed by atoms with E-state index in [1.165, 1.54) is 25.3 Å². The first-order chi connectivity index (χ1) is 13.1. The summed E-state index contributed by atoms with van der Waals surface area (Å²) in [7, 11) is -2.39. The van der Waals surface area contributed by atoms with E-state index >= 15 is 0 Å². The fourth-order valence-corrected chi connectivity index (χ4v) is 4.34. The third kappa shape index (κ3) is 3.71. The zero-order valence-corrected chi connectivity index (χ0v) is 16.9. The van der Waals surface area contributed by atoms with Crippen molar-refractivity contribution in [3.05, 3.63) is 58.3 Å². The van der Waals surface area contributed by atoms with Gasteiger partial charge in [-0.2, -0.15) is 0 Å². The zero-order valence-electron chi connectivity index (χ0n) is 15.3. The highest BCUT2D eigenvalue weighted by atomic mass is 35.5. The molecule has 1 aromatic heterocycles. The van der Waals surface area contributed by atoms with Gasteiger partial charge in [0, 0.05) is 17.0 Å². The Labute approximate surface area is 166 Å². The molecule has 1 unspecified atom stereocenters. The van der Waals surface area contributed by atoms with Crippen molar-refractivity contribution in [2.24, 2.45) is 0 Å². The average molecular weight is 424 g/mol. The lowest BCUT2D eigenvalue weighted by Gasteiger charge is -2.16. The number of furan rings is 1. The van der Waals surface area contributed by atoms with Crippen molar-refractivity contribution in [2.75, 3.05) is 7.11 Å². The Balaban J connectivity index is 1.94. The molecule has 2 aromatic carbocycles. The number of rotatable bonds is 6. The quantitative estimate of drug-likeness (QED) is 0.617. The number of aryl methyl sites for hydroxylation is 1. The maximum atomic E-state index is 12.8. The summed E-state index contributed by atoms with van der Waals surface area (Å²) in [5.41, 5.74) is 1.36.